The summed E-state index contributed by atoms with van der Waals surface area (Å²) in [6.07, 6.45) is 9.51. The monoisotopic (exact) mass is 571 g/mol. The molecule has 1 aliphatic carbocycles. The minimum atomic E-state index is -3.31. The summed E-state index contributed by atoms with van der Waals surface area (Å²) in [6, 6.07) is 15.0. The molecule has 1 aliphatic heterocycles. The third-order valence-corrected chi connectivity index (χ3v) is 8.71. The molecule has 2 aromatic rings. The van der Waals surface area contributed by atoms with E-state index in [9.17, 15) is 18.3 Å². The highest BCUT2D eigenvalue weighted by Gasteiger charge is 2.35. The summed E-state index contributed by atoms with van der Waals surface area (Å²) in [7, 11) is -3.31. The molecule has 0 radical (unpaired) electrons. The van der Waals surface area contributed by atoms with Crippen molar-refractivity contribution >= 4 is 21.6 Å². The van der Waals surface area contributed by atoms with Crippen molar-refractivity contribution in [2.75, 3.05) is 30.6 Å². The van der Waals surface area contributed by atoms with E-state index in [1.54, 1.807) is 24.3 Å². The molecule has 2 fully saturated rings. The second-order valence-corrected chi connectivity index (χ2v) is 13.1. The number of nitrogens with one attached hydrogen (secondary N) is 1. The van der Waals surface area contributed by atoms with E-state index in [1.165, 1.54) is 12.0 Å². The van der Waals surface area contributed by atoms with Crippen molar-refractivity contribution in [1.82, 2.24) is 9.80 Å². The molecule has 4 rings (SSSR count). The highest BCUT2D eigenvalue weighted by Crippen LogP contribution is 2.29. The van der Waals surface area contributed by atoms with Crippen LogP contribution < -0.4 is 9.46 Å². The first-order valence-corrected chi connectivity index (χ1v) is 16.7. The molecule has 2 aromatic carbocycles. The fourth-order valence-corrected chi connectivity index (χ4v) is 6.44. The van der Waals surface area contributed by atoms with Crippen molar-refractivity contribution < 1.29 is 23.1 Å². The predicted octanol–water partition coefficient (Wildman–Crippen LogP) is 5.38. The van der Waals surface area contributed by atoms with Crippen molar-refractivity contribution in [1.29, 1.82) is 0 Å². The predicted molar refractivity (Wildman–Crippen MR) is 159 cm³/mol. The van der Waals surface area contributed by atoms with Crippen LogP contribution in [0.1, 0.15) is 70.3 Å². The van der Waals surface area contributed by atoms with Gasteiger partial charge >= 0.3 is 0 Å². The second kappa shape index (κ2) is 14.3. The molecule has 1 amide bonds. The van der Waals surface area contributed by atoms with Crippen molar-refractivity contribution in [2.24, 2.45) is 5.92 Å². The van der Waals surface area contributed by atoms with Crippen LogP contribution in [0, 0.1) is 5.92 Å². The number of carbonyl (C=O) groups excluding carboxylic acids is 1. The van der Waals surface area contributed by atoms with Crippen LogP contribution in [0.2, 0.25) is 0 Å². The van der Waals surface area contributed by atoms with E-state index in [1.807, 2.05) is 17.0 Å². The average molecular weight is 572 g/mol. The van der Waals surface area contributed by atoms with Gasteiger partial charge in [-0.3, -0.25) is 14.4 Å². The first-order valence-electron chi connectivity index (χ1n) is 14.8. The first-order chi connectivity index (χ1) is 19.2. The van der Waals surface area contributed by atoms with Gasteiger partial charge in [-0.05, 0) is 80.0 Å². The zero-order valence-corrected chi connectivity index (χ0v) is 24.7. The van der Waals surface area contributed by atoms with Gasteiger partial charge in [0.15, 0.2) is 0 Å². The van der Waals surface area contributed by atoms with Gasteiger partial charge in [0.05, 0.1) is 6.26 Å². The number of anilines is 1. The maximum absolute atomic E-state index is 13.4. The van der Waals surface area contributed by atoms with Crippen LogP contribution in [0.4, 0.5) is 5.69 Å². The van der Waals surface area contributed by atoms with Gasteiger partial charge in [-0.1, -0.05) is 44.7 Å². The van der Waals surface area contributed by atoms with Gasteiger partial charge in [-0.2, -0.15) is 0 Å². The first kappa shape index (κ1) is 30.3. The van der Waals surface area contributed by atoms with E-state index in [-0.39, 0.29) is 17.9 Å². The number of unbranched alkanes of at least 4 members (excludes halogenated alkanes) is 1. The molecule has 8 nitrogen and oxygen atoms in total. The third kappa shape index (κ3) is 8.94. The smallest absolute Gasteiger partial charge is 0.251 e. The number of hydrogen-bond donors (Lipinski definition) is 2. The molecule has 1 saturated heterocycles. The molecule has 0 aromatic heterocycles. The van der Waals surface area contributed by atoms with Crippen LogP contribution in [0.25, 0.3) is 0 Å². The number of rotatable bonds is 12. The third-order valence-electron chi connectivity index (χ3n) is 8.11. The highest BCUT2D eigenvalue weighted by atomic mass is 32.2. The Kier molecular flexibility index (Phi) is 10.9. The number of carbonyl (C=O) groups is 1. The molecule has 0 bridgehead atoms. The van der Waals surface area contributed by atoms with Gasteiger partial charge in [0, 0.05) is 37.9 Å². The van der Waals surface area contributed by atoms with E-state index in [0.717, 1.165) is 83.8 Å². The van der Waals surface area contributed by atoms with E-state index in [0.29, 0.717) is 17.2 Å². The lowest BCUT2D eigenvalue weighted by Crippen LogP contribution is -2.52. The second-order valence-electron chi connectivity index (χ2n) is 11.4. The number of aliphatic hydroxyl groups excluding tert-OH is 1. The van der Waals surface area contributed by atoms with Gasteiger partial charge < -0.3 is 14.7 Å². The largest absolute Gasteiger partial charge is 0.457 e. The number of ether oxygens (including phenoxy) is 1. The number of sulfonamides is 1. The molecule has 1 saturated carbocycles. The van der Waals surface area contributed by atoms with Crippen LogP contribution in [0.3, 0.4) is 0 Å². The van der Waals surface area contributed by atoms with Gasteiger partial charge in [0.2, 0.25) is 10.0 Å². The lowest BCUT2D eigenvalue weighted by atomic mass is 9.84. The summed E-state index contributed by atoms with van der Waals surface area (Å²) in [4.78, 5) is 17.8. The Balaban J connectivity index is 1.27. The minimum Gasteiger partial charge on any atom is -0.457 e. The Morgan fingerprint density at radius 3 is 2.17 bits per heavy atom. The van der Waals surface area contributed by atoms with Gasteiger partial charge in [0.25, 0.3) is 5.91 Å². The SMILES string of the molecule is CCCCN(C(=O)[C@@H](O)C1CCCCC1)C1CCN(Cc2ccc(Oc3ccc(NS(C)(=O)=O)cc3)cc2)CC1. The molecular weight excluding hydrogens is 526 g/mol. The number of nitrogens with zero attached hydrogens (tertiary/aromatic N) is 2. The highest BCUT2D eigenvalue weighted by molar-refractivity contribution is 7.92. The molecule has 220 valence electrons. The van der Waals surface area contributed by atoms with Crippen molar-refractivity contribution in [3.05, 3.63) is 54.1 Å². The molecule has 40 heavy (non-hydrogen) atoms. The van der Waals surface area contributed by atoms with Gasteiger partial charge in [-0.15, -0.1) is 0 Å². The van der Waals surface area contributed by atoms with Crippen LogP contribution in [0.5, 0.6) is 11.5 Å². The van der Waals surface area contributed by atoms with Crippen LogP contribution in [-0.2, 0) is 21.4 Å². The Morgan fingerprint density at radius 2 is 1.60 bits per heavy atom. The summed E-state index contributed by atoms with van der Waals surface area (Å²) >= 11 is 0. The van der Waals surface area contributed by atoms with Crippen LogP contribution in [-0.4, -0.2) is 67.3 Å². The zero-order valence-electron chi connectivity index (χ0n) is 23.9. The van der Waals surface area contributed by atoms with Crippen molar-refractivity contribution in [2.45, 2.75) is 83.4 Å². The standard InChI is InChI=1S/C31H45N3O5S/c1-3-4-20-34(31(36)30(35)25-8-6-5-7-9-25)27-18-21-33(22-19-27)23-24-10-14-28(15-11-24)39-29-16-12-26(13-17-29)32-40(2,37)38/h10-17,25,27,30,32,35H,3-9,18-23H2,1-2H3/t30-/m0/s1. The zero-order chi connectivity index (χ0) is 28.5. The number of hydrogen-bond acceptors (Lipinski definition) is 6. The Morgan fingerprint density at radius 1 is 1.00 bits per heavy atom. The molecule has 2 aliphatic rings. The molecule has 1 heterocycles. The summed E-state index contributed by atoms with van der Waals surface area (Å²) in [5.74, 6) is 1.42. The summed E-state index contributed by atoms with van der Waals surface area (Å²) < 4.78 is 31.1. The summed E-state index contributed by atoms with van der Waals surface area (Å²) in [5.41, 5.74) is 1.69. The van der Waals surface area contributed by atoms with Gasteiger partial charge in [-0.25, -0.2) is 8.42 Å². The quantitative estimate of drug-likeness (QED) is 0.355. The molecule has 0 spiro atoms. The van der Waals surface area contributed by atoms with Gasteiger partial charge in [0.1, 0.15) is 17.6 Å². The average Bonchev–Trinajstić information content (AvgIpc) is 2.95. The lowest BCUT2D eigenvalue weighted by Gasteiger charge is -2.40. The normalized spacial score (nSPS) is 18.3. The minimum absolute atomic E-state index is 0.0457. The molecule has 2 N–H and O–H groups in total. The van der Waals surface area contributed by atoms with E-state index < -0.39 is 16.1 Å². The molecule has 0 unspecified atom stereocenters. The summed E-state index contributed by atoms with van der Waals surface area (Å²) in [6.45, 7) is 5.57. The van der Waals surface area contributed by atoms with Crippen molar-refractivity contribution in [3.8, 4) is 11.5 Å². The van der Waals surface area contributed by atoms with Crippen LogP contribution >= 0.6 is 0 Å². The Hall–Kier alpha value is -2.62. The summed E-state index contributed by atoms with van der Waals surface area (Å²) in [5, 5.41) is 10.9. The van der Waals surface area contributed by atoms with Crippen molar-refractivity contribution in [3.63, 3.8) is 0 Å². The Labute approximate surface area is 239 Å². The lowest BCUT2D eigenvalue weighted by molar-refractivity contribution is -0.147. The number of benzene rings is 2. The molecule has 1 atom stereocenters. The fraction of sp³-hybridized carbons (Fsp3) is 0.581. The Bertz CT molecular complexity index is 1170. The van der Waals surface area contributed by atoms with E-state index in [4.69, 9.17) is 4.74 Å². The number of amides is 1. The molecular formula is C31H45N3O5S. The number of aliphatic hydroxyl groups is 1. The van der Waals surface area contributed by atoms with E-state index in [2.05, 4.69) is 28.7 Å². The fourth-order valence-electron chi connectivity index (χ4n) is 5.87. The maximum atomic E-state index is 13.4. The van der Waals surface area contributed by atoms with Crippen LogP contribution in [0.15, 0.2) is 48.5 Å². The van der Waals surface area contributed by atoms with E-state index >= 15 is 0 Å². The number of likely N-dealkylation sites (tertiary alicyclic amines) is 1. The number of piperidine rings is 1. The molecule has 9 heteroatoms. The topological polar surface area (TPSA) is 99.2 Å². The maximum Gasteiger partial charge on any atom is 0.251 e.